The minimum Gasteiger partial charge on any atom is -0.476 e. The third kappa shape index (κ3) is 5.46. The SMILES string of the molecule is CC1CC=CCC1COc1ccc(CNC(C)(C)C)nn1. The first-order chi connectivity index (χ1) is 9.94. The van der Waals surface area contributed by atoms with Gasteiger partial charge in [0, 0.05) is 18.2 Å². The number of aromatic nitrogens is 2. The molecular formula is C17H27N3O. The van der Waals surface area contributed by atoms with Crippen molar-refractivity contribution in [2.75, 3.05) is 6.61 Å². The van der Waals surface area contributed by atoms with Crippen LogP contribution in [0.15, 0.2) is 24.3 Å². The summed E-state index contributed by atoms with van der Waals surface area (Å²) in [6, 6.07) is 3.89. The number of nitrogens with zero attached hydrogens (tertiary/aromatic N) is 2. The quantitative estimate of drug-likeness (QED) is 0.845. The summed E-state index contributed by atoms with van der Waals surface area (Å²) in [4.78, 5) is 0. The Labute approximate surface area is 128 Å². The molecule has 1 aliphatic rings. The molecule has 0 aromatic carbocycles. The van der Waals surface area contributed by atoms with Gasteiger partial charge in [0.2, 0.25) is 5.88 Å². The second-order valence-electron chi connectivity index (χ2n) is 6.96. The van der Waals surface area contributed by atoms with Crippen LogP contribution < -0.4 is 10.1 Å². The molecule has 0 spiro atoms. The van der Waals surface area contributed by atoms with Gasteiger partial charge in [0.25, 0.3) is 0 Å². The summed E-state index contributed by atoms with van der Waals surface area (Å²) in [7, 11) is 0. The zero-order valence-corrected chi connectivity index (χ0v) is 13.6. The van der Waals surface area contributed by atoms with Gasteiger partial charge in [-0.1, -0.05) is 19.1 Å². The normalized spacial score (nSPS) is 22.3. The Bertz CT molecular complexity index is 462. The monoisotopic (exact) mass is 289 g/mol. The van der Waals surface area contributed by atoms with Crippen LogP contribution in [0.5, 0.6) is 5.88 Å². The first-order valence-electron chi connectivity index (χ1n) is 7.79. The molecule has 1 aromatic heterocycles. The Morgan fingerprint density at radius 2 is 1.95 bits per heavy atom. The van der Waals surface area contributed by atoms with Crippen LogP contribution in [0, 0.1) is 11.8 Å². The number of hydrogen-bond donors (Lipinski definition) is 1. The summed E-state index contributed by atoms with van der Waals surface area (Å²) in [5.41, 5.74) is 1.02. The first kappa shape index (κ1) is 16.0. The van der Waals surface area contributed by atoms with Gasteiger partial charge in [-0.25, -0.2) is 0 Å². The Hall–Kier alpha value is -1.42. The summed E-state index contributed by atoms with van der Waals surface area (Å²) in [6.07, 6.45) is 6.76. The topological polar surface area (TPSA) is 47.0 Å². The number of allylic oxidation sites excluding steroid dienone is 2. The van der Waals surface area contributed by atoms with Crippen LogP contribution in [0.1, 0.15) is 46.2 Å². The van der Waals surface area contributed by atoms with E-state index in [4.69, 9.17) is 4.74 Å². The molecule has 4 nitrogen and oxygen atoms in total. The van der Waals surface area contributed by atoms with E-state index < -0.39 is 0 Å². The lowest BCUT2D eigenvalue weighted by atomic mass is 9.85. The highest BCUT2D eigenvalue weighted by atomic mass is 16.5. The average Bonchev–Trinajstić information content (AvgIpc) is 2.45. The van der Waals surface area contributed by atoms with Gasteiger partial charge in [-0.2, -0.15) is 5.10 Å². The Kier molecular flexibility index (Phi) is 5.34. The van der Waals surface area contributed by atoms with Crippen molar-refractivity contribution in [3.05, 3.63) is 30.0 Å². The molecule has 1 aromatic rings. The highest BCUT2D eigenvalue weighted by Gasteiger charge is 2.19. The highest BCUT2D eigenvalue weighted by Crippen LogP contribution is 2.25. The lowest BCUT2D eigenvalue weighted by Gasteiger charge is -2.24. The van der Waals surface area contributed by atoms with Crippen molar-refractivity contribution in [2.24, 2.45) is 11.8 Å². The van der Waals surface area contributed by atoms with E-state index in [0.717, 1.165) is 31.7 Å². The second kappa shape index (κ2) is 7.03. The summed E-state index contributed by atoms with van der Waals surface area (Å²) in [5.74, 6) is 1.88. The molecule has 0 fully saturated rings. The molecule has 0 aliphatic heterocycles. The van der Waals surface area contributed by atoms with Crippen molar-refractivity contribution in [3.8, 4) is 5.88 Å². The van der Waals surface area contributed by atoms with E-state index in [9.17, 15) is 0 Å². The van der Waals surface area contributed by atoms with Gasteiger partial charge in [-0.3, -0.25) is 0 Å². The zero-order chi connectivity index (χ0) is 15.3. The van der Waals surface area contributed by atoms with Crippen molar-refractivity contribution >= 4 is 0 Å². The molecule has 116 valence electrons. The molecule has 2 atom stereocenters. The molecule has 0 saturated heterocycles. The molecule has 2 rings (SSSR count). The van der Waals surface area contributed by atoms with Crippen LogP contribution in [0.3, 0.4) is 0 Å². The van der Waals surface area contributed by atoms with E-state index >= 15 is 0 Å². The van der Waals surface area contributed by atoms with E-state index in [1.807, 2.05) is 12.1 Å². The van der Waals surface area contributed by atoms with E-state index in [1.165, 1.54) is 0 Å². The van der Waals surface area contributed by atoms with Gasteiger partial charge in [-0.15, -0.1) is 5.10 Å². The minimum absolute atomic E-state index is 0.0848. The fourth-order valence-corrected chi connectivity index (χ4v) is 2.31. The maximum absolute atomic E-state index is 5.79. The number of hydrogen-bond acceptors (Lipinski definition) is 4. The second-order valence-corrected chi connectivity index (χ2v) is 6.96. The van der Waals surface area contributed by atoms with Crippen LogP contribution in [0.4, 0.5) is 0 Å². The molecule has 0 saturated carbocycles. The summed E-state index contributed by atoms with van der Waals surface area (Å²) in [6.45, 7) is 10.1. The summed E-state index contributed by atoms with van der Waals surface area (Å²) < 4.78 is 5.79. The first-order valence-corrected chi connectivity index (χ1v) is 7.79. The fourth-order valence-electron chi connectivity index (χ4n) is 2.31. The predicted molar refractivity (Wildman–Crippen MR) is 85.1 cm³/mol. The number of ether oxygens (including phenoxy) is 1. The van der Waals surface area contributed by atoms with E-state index in [-0.39, 0.29) is 5.54 Å². The van der Waals surface area contributed by atoms with Crippen molar-refractivity contribution in [2.45, 2.75) is 52.6 Å². The van der Waals surface area contributed by atoms with Gasteiger partial charge < -0.3 is 10.1 Å². The van der Waals surface area contributed by atoms with Crippen LogP contribution >= 0.6 is 0 Å². The maximum Gasteiger partial charge on any atom is 0.233 e. The van der Waals surface area contributed by atoms with Gasteiger partial charge in [-0.05, 0) is 51.5 Å². The molecule has 21 heavy (non-hydrogen) atoms. The lowest BCUT2D eigenvalue weighted by molar-refractivity contribution is 0.191. The van der Waals surface area contributed by atoms with Gasteiger partial charge in [0.05, 0.1) is 12.3 Å². The molecule has 1 N–H and O–H groups in total. The third-order valence-electron chi connectivity index (χ3n) is 3.86. The Morgan fingerprint density at radius 1 is 1.19 bits per heavy atom. The smallest absolute Gasteiger partial charge is 0.233 e. The van der Waals surface area contributed by atoms with E-state index in [1.54, 1.807) is 0 Å². The number of rotatable bonds is 5. The van der Waals surface area contributed by atoms with Crippen molar-refractivity contribution in [1.82, 2.24) is 15.5 Å². The molecule has 1 aliphatic carbocycles. The largest absolute Gasteiger partial charge is 0.476 e. The predicted octanol–water partition coefficient (Wildman–Crippen LogP) is 3.35. The summed E-state index contributed by atoms with van der Waals surface area (Å²) in [5, 5.41) is 11.8. The Balaban J connectivity index is 1.81. The molecule has 0 radical (unpaired) electrons. The summed E-state index contributed by atoms with van der Waals surface area (Å²) >= 11 is 0. The van der Waals surface area contributed by atoms with Crippen molar-refractivity contribution in [1.29, 1.82) is 0 Å². The molecular weight excluding hydrogens is 262 g/mol. The van der Waals surface area contributed by atoms with Crippen LogP contribution in [0.25, 0.3) is 0 Å². The van der Waals surface area contributed by atoms with Crippen LogP contribution in [-0.2, 0) is 6.54 Å². The van der Waals surface area contributed by atoms with E-state index in [0.29, 0.717) is 17.7 Å². The van der Waals surface area contributed by atoms with Gasteiger partial charge in [0.15, 0.2) is 0 Å². The van der Waals surface area contributed by atoms with Crippen LogP contribution in [0.2, 0.25) is 0 Å². The molecule has 2 unspecified atom stereocenters. The maximum atomic E-state index is 5.79. The van der Waals surface area contributed by atoms with Gasteiger partial charge >= 0.3 is 0 Å². The molecule has 0 amide bonds. The van der Waals surface area contributed by atoms with Crippen LogP contribution in [-0.4, -0.2) is 22.3 Å². The van der Waals surface area contributed by atoms with Crippen molar-refractivity contribution in [3.63, 3.8) is 0 Å². The lowest BCUT2D eigenvalue weighted by Crippen LogP contribution is -2.35. The van der Waals surface area contributed by atoms with Crippen molar-refractivity contribution < 1.29 is 4.74 Å². The number of nitrogens with one attached hydrogen (secondary N) is 1. The zero-order valence-electron chi connectivity index (χ0n) is 13.6. The van der Waals surface area contributed by atoms with E-state index in [2.05, 4.69) is 55.4 Å². The molecule has 4 heteroatoms. The standard InChI is InChI=1S/C17H27N3O/c1-13-7-5-6-8-14(13)12-21-16-10-9-15(19-20-16)11-18-17(2,3)4/h5-6,9-10,13-14,18H,7-8,11-12H2,1-4H3. The minimum atomic E-state index is 0.0848. The Morgan fingerprint density at radius 3 is 2.57 bits per heavy atom. The highest BCUT2D eigenvalue weighted by molar-refractivity contribution is 5.11. The molecule has 1 heterocycles. The fraction of sp³-hybridized carbons (Fsp3) is 0.647. The third-order valence-corrected chi connectivity index (χ3v) is 3.86. The van der Waals surface area contributed by atoms with Gasteiger partial charge in [0.1, 0.15) is 0 Å². The molecule has 0 bridgehead atoms. The average molecular weight is 289 g/mol.